The number of carbonyl (C=O) groups excluding carboxylic acids is 2. The SMILES string of the molecule is Cc1nc2ccccc2c(C)c1C(=O)OCC(=O)Nc1ccc(O)cc1. The molecule has 6 heteroatoms. The molecule has 0 saturated heterocycles. The van der Waals surface area contributed by atoms with Crippen LogP contribution in [0.15, 0.2) is 48.5 Å². The van der Waals surface area contributed by atoms with Crippen molar-refractivity contribution in [3.05, 3.63) is 65.4 Å². The molecule has 0 spiro atoms. The van der Waals surface area contributed by atoms with Crippen molar-refractivity contribution >= 4 is 28.5 Å². The van der Waals surface area contributed by atoms with Gasteiger partial charge in [0.1, 0.15) is 5.75 Å². The molecular formula is C20H18N2O4. The second kappa shape index (κ2) is 7.23. The average molecular weight is 350 g/mol. The predicted octanol–water partition coefficient (Wildman–Crippen LogP) is 3.35. The number of rotatable bonds is 4. The predicted molar refractivity (Wildman–Crippen MR) is 98.2 cm³/mol. The maximum absolute atomic E-state index is 12.5. The Balaban J connectivity index is 1.71. The van der Waals surface area contributed by atoms with Gasteiger partial charge in [0.2, 0.25) is 0 Å². The Morgan fingerprint density at radius 1 is 1.08 bits per heavy atom. The zero-order chi connectivity index (χ0) is 18.7. The lowest BCUT2D eigenvalue weighted by molar-refractivity contribution is -0.119. The molecule has 0 aliphatic heterocycles. The monoisotopic (exact) mass is 350 g/mol. The quantitative estimate of drug-likeness (QED) is 0.556. The van der Waals surface area contributed by atoms with Gasteiger partial charge in [-0.05, 0) is 49.7 Å². The Labute approximate surface area is 150 Å². The van der Waals surface area contributed by atoms with Crippen LogP contribution in [-0.2, 0) is 9.53 Å². The molecule has 0 atom stereocenters. The van der Waals surface area contributed by atoms with Gasteiger partial charge in [0, 0.05) is 11.1 Å². The van der Waals surface area contributed by atoms with E-state index >= 15 is 0 Å². The molecule has 0 aliphatic rings. The molecule has 0 saturated carbocycles. The summed E-state index contributed by atoms with van der Waals surface area (Å²) in [6.07, 6.45) is 0. The van der Waals surface area contributed by atoms with Gasteiger partial charge >= 0.3 is 5.97 Å². The molecule has 2 N–H and O–H groups in total. The lowest BCUT2D eigenvalue weighted by atomic mass is 10.0. The van der Waals surface area contributed by atoms with Crippen LogP contribution in [0.1, 0.15) is 21.6 Å². The number of pyridine rings is 1. The molecule has 2 aromatic carbocycles. The van der Waals surface area contributed by atoms with Gasteiger partial charge in [-0.15, -0.1) is 0 Å². The van der Waals surface area contributed by atoms with Gasteiger partial charge in [0.15, 0.2) is 6.61 Å². The molecule has 0 fully saturated rings. The van der Waals surface area contributed by atoms with Crippen molar-refractivity contribution in [1.82, 2.24) is 4.98 Å². The van der Waals surface area contributed by atoms with Crippen LogP contribution < -0.4 is 5.32 Å². The van der Waals surface area contributed by atoms with Crippen LogP contribution in [0.4, 0.5) is 5.69 Å². The first-order chi connectivity index (χ1) is 12.5. The summed E-state index contributed by atoms with van der Waals surface area (Å²) in [6.45, 7) is 3.17. The van der Waals surface area contributed by atoms with Crippen molar-refractivity contribution in [3.63, 3.8) is 0 Å². The first-order valence-corrected chi connectivity index (χ1v) is 8.07. The van der Waals surface area contributed by atoms with Crippen molar-refractivity contribution in [2.24, 2.45) is 0 Å². The van der Waals surface area contributed by atoms with Crippen LogP contribution in [-0.4, -0.2) is 28.6 Å². The molecule has 3 rings (SSSR count). The van der Waals surface area contributed by atoms with E-state index in [9.17, 15) is 14.7 Å². The van der Waals surface area contributed by atoms with E-state index < -0.39 is 18.5 Å². The summed E-state index contributed by atoms with van der Waals surface area (Å²) in [4.78, 5) is 28.8. The number of phenols is 1. The minimum Gasteiger partial charge on any atom is -0.508 e. The van der Waals surface area contributed by atoms with Crippen molar-refractivity contribution in [2.45, 2.75) is 13.8 Å². The van der Waals surface area contributed by atoms with E-state index in [4.69, 9.17) is 4.74 Å². The lowest BCUT2D eigenvalue weighted by Crippen LogP contribution is -2.22. The Morgan fingerprint density at radius 3 is 2.50 bits per heavy atom. The molecule has 132 valence electrons. The zero-order valence-electron chi connectivity index (χ0n) is 14.4. The number of hydrogen-bond donors (Lipinski definition) is 2. The number of aromatic hydroxyl groups is 1. The summed E-state index contributed by atoms with van der Waals surface area (Å²) >= 11 is 0. The molecular weight excluding hydrogens is 332 g/mol. The summed E-state index contributed by atoms with van der Waals surface area (Å²) in [7, 11) is 0. The third-order valence-electron chi connectivity index (χ3n) is 4.02. The van der Waals surface area contributed by atoms with Gasteiger partial charge in [-0.1, -0.05) is 18.2 Å². The number of carbonyl (C=O) groups is 2. The number of fused-ring (bicyclic) bond motifs is 1. The minimum atomic E-state index is -0.584. The number of para-hydroxylation sites is 1. The highest BCUT2D eigenvalue weighted by molar-refractivity contribution is 6.00. The van der Waals surface area contributed by atoms with Gasteiger partial charge in [0.05, 0.1) is 16.8 Å². The first-order valence-electron chi connectivity index (χ1n) is 8.07. The zero-order valence-corrected chi connectivity index (χ0v) is 14.4. The van der Waals surface area contributed by atoms with Crippen LogP contribution in [0.3, 0.4) is 0 Å². The van der Waals surface area contributed by atoms with Crippen molar-refractivity contribution in [3.8, 4) is 5.75 Å². The van der Waals surface area contributed by atoms with E-state index in [0.29, 0.717) is 16.9 Å². The van der Waals surface area contributed by atoms with E-state index in [2.05, 4.69) is 10.3 Å². The Morgan fingerprint density at radius 2 is 1.77 bits per heavy atom. The van der Waals surface area contributed by atoms with Crippen LogP contribution >= 0.6 is 0 Å². The van der Waals surface area contributed by atoms with Gasteiger partial charge in [-0.2, -0.15) is 0 Å². The van der Waals surface area contributed by atoms with Crippen molar-refractivity contribution < 1.29 is 19.4 Å². The van der Waals surface area contributed by atoms with E-state index in [1.807, 2.05) is 31.2 Å². The number of amides is 1. The molecule has 0 unspecified atom stereocenters. The van der Waals surface area contributed by atoms with Gasteiger partial charge in [-0.3, -0.25) is 9.78 Å². The highest BCUT2D eigenvalue weighted by Crippen LogP contribution is 2.23. The highest BCUT2D eigenvalue weighted by atomic mass is 16.5. The van der Waals surface area contributed by atoms with Crippen LogP contribution in [0.25, 0.3) is 10.9 Å². The second-order valence-electron chi connectivity index (χ2n) is 5.89. The fourth-order valence-electron chi connectivity index (χ4n) is 2.78. The molecule has 3 aromatic rings. The summed E-state index contributed by atoms with van der Waals surface area (Å²) in [5.74, 6) is -0.948. The first kappa shape index (κ1) is 17.4. The summed E-state index contributed by atoms with van der Waals surface area (Å²) in [5, 5.41) is 12.7. The number of hydrogen-bond acceptors (Lipinski definition) is 5. The molecule has 6 nitrogen and oxygen atoms in total. The summed E-state index contributed by atoms with van der Waals surface area (Å²) in [5.41, 5.74) is 3.02. The van der Waals surface area contributed by atoms with Gasteiger partial charge in [-0.25, -0.2) is 4.79 Å². The minimum absolute atomic E-state index is 0.101. The van der Waals surface area contributed by atoms with Crippen LogP contribution in [0.2, 0.25) is 0 Å². The molecule has 0 bridgehead atoms. The third kappa shape index (κ3) is 3.64. The third-order valence-corrected chi connectivity index (χ3v) is 4.02. The van der Waals surface area contributed by atoms with E-state index in [1.54, 1.807) is 19.1 Å². The van der Waals surface area contributed by atoms with E-state index in [-0.39, 0.29) is 5.75 Å². The maximum atomic E-state index is 12.5. The number of nitrogens with one attached hydrogen (secondary N) is 1. The summed E-state index contributed by atoms with van der Waals surface area (Å²) < 4.78 is 5.16. The number of phenolic OH excluding ortho intramolecular Hbond substituents is 1. The van der Waals surface area contributed by atoms with Gasteiger partial charge in [0.25, 0.3) is 5.91 Å². The molecule has 0 aliphatic carbocycles. The van der Waals surface area contributed by atoms with Crippen LogP contribution in [0, 0.1) is 13.8 Å². The largest absolute Gasteiger partial charge is 0.508 e. The molecule has 1 aromatic heterocycles. The lowest BCUT2D eigenvalue weighted by Gasteiger charge is -2.12. The number of anilines is 1. The van der Waals surface area contributed by atoms with Gasteiger partial charge < -0.3 is 15.2 Å². The average Bonchev–Trinajstić information content (AvgIpc) is 2.62. The number of aryl methyl sites for hydroxylation is 2. The fourth-order valence-corrected chi connectivity index (χ4v) is 2.78. The Hall–Kier alpha value is -3.41. The highest BCUT2D eigenvalue weighted by Gasteiger charge is 2.18. The van der Waals surface area contributed by atoms with Crippen molar-refractivity contribution in [2.75, 3.05) is 11.9 Å². The number of benzene rings is 2. The fraction of sp³-hybridized carbons (Fsp3) is 0.150. The number of aromatic nitrogens is 1. The molecule has 26 heavy (non-hydrogen) atoms. The normalized spacial score (nSPS) is 10.5. The Bertz CT molecular complexity index is 981. The van der Waals surface area contributed by atoms with E-state index in [0.717, 1.165) is 16.5 Å². The number of ether oxygens (including phenoxy) is 1. The molecule has 1 amide bonds. The molecule has 1 heterocycles. The number of esters is 1. The Kier molecular flexibility index (Phi) is 4.84. The van der Waals surface area contributed by atoms with Crippen LogP contribution in [0.5, 0.6) is 5.75 Å². The standard InChI is InChI=1S/C20H18N2O4/c1-12-16-5-3-4-6-17(16)21-13(2)19(12)20(25)26-11-18(24)22-14-7-9-15(23)10-8-14/h3-10,23H,11H2,1-2H3,(H,22,24). The topological polar surface area (TPSA) is 88.5 Å². The molecule has 0 radical (unpaired) electrons. The smallest absolute Gasteiger partial charge is 0.340 e. The second-order valence-corrected chi connectivity index (χ2v) is 5.89. The maximum Gasteiger partial charge on any atom is 0.340 e. The van der Waals surface area contributed by atoms with E-state index in [1.165, 1.54) is 12.1 Å². The van der Waals surface area contributed by atoms with Crippen molar-refractivity contribution in [1.29, 1.82) is 0 Å². The number of nitrogens with zero attached hydrogens (tertiary/aromatic N) is 1. The summed E-state index contributed by atoms with van der Waals surface area (Å²) in [6, 6.07) is 13.6.